The Labute approximate surface area is 144 Å². The highest BCUT2D eigenvalue weighted by Crippen LogP contribution is 2.37. The molecular formula is C17H15ClN2O4. The summed E-state index contributed by atoms with van der Waals surface area (Å²) in [5.41, 5.74) is 4.43. The molecule has 2 aromatic carbocycles. The molecule has 0 aromatic heterocycles. The van der Waals surface area contributed by atoms with E-state index in [9.17, 15) is 4.79 Å². The molecule has 3 rings (SSSR count). The summed E-state index contributed by atoms with van der Waals surface area (Å²) in [6.45, 7) is 2.07. The maximum atomic E-state index is 12.1. The van der Waals surface area contributed by atoms with Crippen molar-refractivity contribution in [1.82, 2.24) is 5.43 Å². The summed E-state index contributed by atoms with van der Waals surface area (Å²) >= 11 is 6.07. The first-order valence-electron chi connectivity index (χ1n) is 7.15. The Morgan fingerprint density at radius 3 is 2.75 bits per heavy atom. The summed E-state index contributed by atoms with van der Waals surface area (Å²) < 4.78 is 15.9. The Hall–Kier alpha value is -2.73. The van der Waals surface area contributed by atoms with Crippen molar-refractivity contribution in [3.05, 3.63) is 52.0 Å². The molecule has 1 N–H and O–H groups in total. The van der Waals surface area contributed by atoms with Gasteiger partial charge in [-0.15, -0.1) is 0 Å². The Morgan fingerprint density at radius 1 is 1.29 bits per heavy atom. The van der Waals surface area contributed by atoms with Crippen LogP contribution in [0.4, 0.5) is 0 Å². The quantitative estimate of drug-likeness (QED) is 0.682. The second-order valence-electron chi connectivity index (χ2n) is 5.13. The van der Waals surface area contributed by atoms with Crippen LogP contribution in [0, 0.1) is 6.92 Å². The van der Waals surface area contributed by atoms with Crippen molar-refractivity contribution < 1.29 is 19.0 Å². The summed E-state index contributed by atoms with van der Waals surface area (Å²) in [7, 11) is 1.54. The number of methoxy groups -OCH3 is 1. The van der Waals surface area contributed by atoms with Crippen LogP contribution >= 0.6 is 11.6 Å². The van der Waals surface area contributed by atoms with Gasteiger partial charge in [-0.1, -0.05) is 17.7 Å². The number of hydrogen-bond acceptors (Lipinski definition) is 5. The van der Waals surface area contributed by atoms with Crippen molar-refractivity contribution in [2.24, 2.45) is 5.10 Å². The second kappa shape index (κ2) is 6.80. The SMILES string of the molecule is COc1cc2c(cc1/C=N\NC(=O)c1ccc(C)cc1Cl)OCO2. The van der Waals surface area contributed by atoms with Gasteiger partial charge in [0, 0.05) is 11.6 Å². The number of halogens is 1. The molecule has 7 heteroatoms. The number of fused-ring (bicyclic) bond motifs is 1. The van der Waals surface area contributed by atoms with Crippen molar-refractivity contribution in [2.45, 2.75) is 6.92 Å². The van der Waals surface area contributed by atoms with E-state index in [0.717, 1.165) is 5.56 Å². The number of ether oxygens (including phenoxy) is 3. The van der Waals surface area contributed by atoms with Crippen molar-refractivity contribution >= 4 is 23.7 Å². The largest absolute Gasteiger partial charge is 0.496 e. The molecule has 0 unspecified atom stereocenters. The Kier molecular flexibility index (Phi) is 4.57. The molecule has 2 aromatic rings. The number of carbonyl (C=O) groups excluding carboxylic acids is 1. The molecule has 0 spiro atoms. The number of nitrogens with one attached hydrogen (secondary N) is 1. The van der Waals surface area contributed by atoms with E-state index in [1.54, 1.807) is 31.4 Å². The Morgan fingerprint density at radius 2 is 2.04 bits per heavy atom. The third-order valence-corrected chi connectivity index (χ3v) is 3.78. The zero-order valence-corrected chi connectivity index (χ0v) is 13.9. The molecule has 24 heavy (non-hydrogen) atoms. The first-order valence-corrected chi connectivity index (χ1v) is 7.53. The molecule has 0 bridgehead atoms. The molecular weight excluding hydrogens is 332 g/mol. The van der Waals surface area contributed by atoms with Crippen LogP contribution in [-0.4, -0.2) is 26.0 Å². The van der Waals surface area contributed by atoms with E-state index in [2.05, 4.69) is 10.5 Å². The van der Waals surface area contributed by atoms with Gasteiger partial charge in [0.2, 0.25) is 6.79 Å². The smallest absolute Gasteiger partial charge is 0.272 e. The fourth-order valence-electron chi connectivity index (χ4n) is 2.24. The Bertz CT molecular complexity index is 820. The van der Waals surface area contributed by atoms with Crippen molar-refractivity contribution in [1.29, 1.82) is 0 Å². The maximum absolute atomic E-state index is 12.1. The number of rotatable bonds is 4. The van der Waals surface area contributed by atoms with E-state index in [1.807, 2.05) is 13.0 Å². The summed E-state index contributed by atoms with van der Waals surface area (Å²) in [6.07, 6.45) is 1.47. The van der Waals surface area contributed by atoms with E-state index in [1.165, 1.54) is 6.21 Å². The van der Waals surface area contributed by atoms with Crippen LogP contribution in [0.25, 0.3) is 0 Å². The minimum absolute atomic E-state index is 0.168. The highest BCUT2D eigenvalue weighted by Gasteiger charge is 2.17. The third kappa shape index (κ3) is 3.28. The zero-order chi connectivity index (χ0) is 17.1. The van der Waals surface area contributed by atoms with E-state index in [-0.39, 0.29) is 6.79 Å². The fraction of sp³-hybridized carbons (Fsp3) is 0.176. The average molecular weight is 347 g/mol. The van der Waals surface area contributed by atoms with Gasteiger partial charge in [-0.2, -0.15) is 5.10 Å². The monoisotopic (exact) mass is 346 g/mol. The zero-order valence-electron chi connectivity index (χ0n) is 13.1. The number of hydrazone groups is 1. The standard InChI is InChI=1S/C17H15ClN2O4/c1-10-3-4-12(13(18)5-10)17(21)20-19-8-11-6-15-16(24-9-23-15)7-14(11)22-2/h3-8H,9H2,1-2H3,(H,20,21)/b19-8-. The average Bonchev–Trinajstić information content (AvgIpc) is 3.01. The van der Waals surface area contributed by atoms with Gasteiger partial charge in [-0.25, -0.2) is 5.43 Å². The van der Waals surface area contributed by atoms with Gasteiger partial charge in [-0.05, 0) is 30.7 Å². The van der Waals surface area contributed by atoms with Crippen LogP contribution < -0.4 is 19.6 Å². The first-order chi connectivity index (χ1) is 11.6. The van der Waals surface area contributed by atoms with Crippen LogP contribution in [0.1, 0.15) is 21.5 Å². The van der Waals surface area contributed by atoms with E-state index in [0.29, 0.717) is 33.4 Å². The van der Waals surface area contributed by atoms with Crippen LogP contribution in [-0.2, 0) is 0 Å². The van der Waals surface area contributed by atoms with Crippen LogP contribution in [0.5, 0.6) is 17.2 Å². The van der Waals surface area contributed by atoms with Gasteiger partial charge < -0.3 is 14.2 Å². The highest BCUT2D eigenvalue weighted by molar-refractivity contribution is 6.33. The first kappa shape index (κ1) is 16.1. The molecule has 124 valence electrons. The van der Waals surface area contributed by atoms with Crippen molar-refractivity contribution in [2.75, 3.05) is 13.9 Å². The lowest BCUT2D eigenvalue weighted by atomic mass is 10.1. The molecule has 0 saturated carbocycles. The van der Waals surface area contributed by atoms with Crippen molar-refractivity contribution in [3.8, 4) is 17.2 Å². The van der Waals surface area contributed by atoms with Crippen molar-refractivity contribution in [3.63, 3.8) is 0 Å². The van der Waals surface area contributed by atoms with E-state index >= 15 is 0 Å². The number of benzene rings is 2. The summed E-state index contributed by atoms with van der Waals surface area (Å²) in [4.78, 5) is 12.1. The van der Waals surface area contributed by atoms with Gasteiger partial charge in [0.15, 0.2) is 11.5 Å². The molecule has 1 aliphatic rings. The lowest BCUT2D eigenvalue weighted by molar-refractivity contribution is 0.0955. The molecule has 0 saturated heterocycles. The van der Waals surface area contributed by atoms with E-state index in [4.69, 9.17) is 25.8 Å². The lowest BCUT2D eigenvalue weighted by Gasteiger charge is -2.06. The Balaban J connectivity index is 1.75. The number of carbonyl (C=O) groups is 1. The minimum Gasteiger partial charge on any atom is -0.496 e. The van der Waals surface area contributed by atoms with Crippen LogP contribution in [0.2, 0.25) is 5.02 Å². The summed E-state index contributed by atoms with van der Waals surface area (Å²) in [6, 6.07) is 8.63. The predicted molar refractivity (Wildman–Crippen MR) is 90.4 cm³/mol. The molecule has 0 atom stereocenters. The number of hydrogen-bond donors (Lipinski definition) is 1. The predicted octanol–water partition coefficient (Wildman–Crippen LogP) is 3.15. The number of nitrogens with zero attached hydrogens (tertiary/aromatic N) is 1. The van der Waals surface area contributed by atoms with E-state index < -0.39 is 5.91 Å². The molecule has 0 radical (unpaired) electrons. The molecule has 0 aliphatic carbocycles. The highest BCUT2D eigenvalue weighted by atomic mass is 35.5. The molecule has 6 nitrogen and oxygen atoms in total. The molecule has 1 aliphatic heterocycles. The van der Waals surface area contributed by atoms with Gasteiger partial charge in [0.1, 0.15) is 5.75 Å². The third-order valence-electron chi connectivity index (χ3n) is 3.46. The topological polar surface area (TPSA) is 69.2 Å². The molecule has 0 fully saturated rings. The van der Waals surface area contributed by atoms with Crippen LogP contribution in [0.3, 0.4) is 0 Å². The van der Waals surface area contributed by atoms with Gasteiger partial charge in [-0.3, -0.25) is 4.79 Å². The molecule has 1 heterocycles. The second-order valence-corrected chi connectivity index (χ2v) is 5.54. The lowest BCUT2D eigenvalue weighted by Crippen LogP contribution is -2.18. The van der Waals surface area contributed by atoms with Gasteiger partial charge in [0.05, 0.1) is 23.9 Å². The fourth-order valence-corrected chi connectivity index (χ4v) is 2.56. The van der Waals surface area contributed by atoms with Crippen LogP contribution in [0.15, 0.2) is 35.4 Å². The normalized spacial score (nSPS) is 12.5. The maximum Gasteiger partial charge on any atom is 0.272 e. The number of aryl methyl sites for hydroxylation is 1. The summed E-state index contributed by atoms with van der Waals surface area (Å²) in [5, 5.41) is 4.33. The minimum atomic E-state index is -0.393. The summed E-state index contributed by atoms with van der Waals surface area (Å²) in [5.74, 6) is 1.38. The van der Waals surface area contributed by atoms with Gasteiger partial charge in [0.25, 0.3) is 5.91 Å². The van der Waals surface area contributed by atoms with Gasteiger partial charge >= 0.3 is 0 Å². The number of amides is 1. The molecule has 1 amide bonds.